The molecule has 28 heavy (non-hydrogen) atoms. The Balaban J connectivity index is 1.34. The molecule has 2 amide bonds. The van der Waals surface area contributed by atoms with Crippen LogP contribution in [-0.2, 0) is 24.2 Å². The number of para-hydroxylation sites is 1. The predicted octanol–water partition coefficient (Wildman–Crippen LogP) is 2.06. The molecule has 4 rings (SSSR count). The van der Waals surface area contributed by atoms with Crippen molar-refractivity contribution in [1.82, 2.24) is 15.6 Å². The van der Waals surface area contributed by atoms with Crippen LogP contribution in [-0.4, -0.2) is 23.3 Å². The van der Waals surface area contributed by atoms with Crippen LogP contribution in [0.3, 0.4) is 0 Å². The molecule has 6 heteroatoms. The van der Waals surface area contributed by atoms with Gasteiger partial charge in [-0.15, -0.1) is 0 Å². The molecule has 1 aromatic heterocycles. The zero-order valence-electron chi connectivity index (χ0n) is 15.4. The monoisotopic (exact) mass is 375 g/mol. The zero-order valence-corrected chi connectivity index (χ0v) is 15.4. The van der Waals surface area contributed by atoms with Gasteiger partial charge >= 0.3 is 0 Å². The van der Waals surface area contributed by atoms with E-state index >= 15 is 0 Å². The minimum absolute atomic E-state index is 0.00915. The Bertz CT molecular complexity index is 1120. The Morgan fingerprint density at radius 2 is 1.82 bits per heavy atom. The quantitative estimate of drug-likeness (QED) is 0.638. The Hall–Kier alpha value is -3.41. The molecular formula is C22H21N3O3. The average molecular weight is 375 g/mol. The summed E-state index contributed by atoms with van der Waals surface area (Å²) in [5, 5.41) is 5.75. The molecule has 0 fully saturated rings. The molecule has 0 aliphatic heterocycles. The van der Waals surface area contributed by atoms with Gasteiger partial charge in [0.1, 0.15) is 5.56 Å². The third-order valence-corrected chi connectivity index (χ3v) is 5.10. The smallest absolute Gasteiger partial charge is 0.257 e. The maximum Gasteiger partial charge on any atom is 0.257 e. The molecule has 0 bridgehead atoms. The summed E-state index contributed by atoms with van der Waals surface area (Å²) in [6.07, 6.45) is 4.78. The first-order chi connectivity index (χ1) is 13.6. The number of hydrogen-bond donors (Lipinski definition) is 3. The lowest BCUT2D eigenvalue weighted by atomic mass is 10.1. The van der Waals surface area contributed by atoms with E-state index in [0.29, 0.717) is 17.4 Å². The number of carbonyl (C=O) groups excluding carboxylic acids is 2. The number of nitrogens with one attached hydrogen (secondary N) is 3. The molecule has 3 aromatic rings. The molecule has 0 unspecified atom stereocenters. The molecule has 1 aliphatic carbocycles. The van der Waals surface area contributed by atoms with Gasteiger partial charge in [0.05, 0.1) is 6.54 Å². The Labute approximate surface area is 162 Å². The predicted molar refractivity (Wildman–Crippen MR) is 107 cm³/mol. The van der Waals surface area contributed by atoms with Crippen molar-refractivity contribution in [3.63, 3.8) is 0 Å². The molecule has 2 aromatic carbocycles. The van der Waals surface area contributed by atoms with Crippen LogP contribution in [0.5, 0.6) is 0 Å². The number of carbonyl (C=O) groups is 2. The number of hydrogen-bond acceptors (Lipinski definition) is 3. The van der Waals surface area contributed by atoms with Crippen molar-refractivity contribution in [2.45, 2.75) is 25.8 Å². The number of aromatic amines is 1. The normalized spacial score (nSPS) is 12.6. The van der Waals surface area contributed by atoms with Gasteiger partial charge in [-0.25, -0.2) is 0 Å². The minimum Gasteiger partial charge on any atom is -0.360 e. The van der Waals surface area contributed by atoms with E-state index in [0.717, 1.165) is 18.4 Å². The third-order valence-electron chi connectivity index (χ3n) is 5.10. The second-order valence-corrected chi connectivity index (χ2v) is 6.99. The molecule has 3 N–H and O–H groups in total. The number of aryl methyl sites for hydroxylation is 2. The number of pyridine rings is 1. The average Bonchev–Trinajstić information content (AvgIpc) is 3.19. The summed E-state index contributed by atoms with van der Waals surface area (Å²) >= 11 is 0. The first kappa shape index (κ1) is 18.0. The number of rotatable bonds is 5. The summed E-state index contributed by atoms with van der Waals surface area (Å²) in [6.45, 7) is 0.231. The Morgan fingerprint density at radius 1 is 1.00 bits per heavy atom. The van der Waals surface area contributed by atoms with Crippen LogP contribution in [0.2, 0.25) is 0 Å². The van der Waals surface area contributed by atoms with Crippen molar-refractivity contribution in [1.29, 1.82) is 0 Å². The van der Waals surface area contributed by atoms with Gasteiger partial charge in [0, 0.05) is 23.6 Å². The summed E-state index contributed by atoms with van der Waals surface area (Å²) < 4.78 is 0. The fourth-order valence-electron chi connectivity index (χ4n) is 3.59. The summed E-state index contributed by atoms with van der Waals surface area (Å²) in [5.74, 6) is -0.870. The zero-order chi connectivity index (χ0) is 19.5. The van der Waals surface area contributed by atoms with E-state index in [9.17, 15) is 14.4 Å². The van der Waals surface area contributed by atoms with E-state index in [1.54, 1.807) is 18.2 Å². The first-order valence-corrected chi connectivity index (χ1v) is 9.38. The molecule has 1 heterocycles. The number of fused-ring (bicyclic) bond motifs is 2. The molecule has 0 atom stereocenters. The maximum atomic E-state index is 12.4. The van der Waals surface area contributed by atoms with E-state index in [2.05, 4.69) is 27.8 Å². The van der Waals surface area contributed by atoms with Gasteiger partial charge in [0.15, 0.2) is 0 Å². The Morgan fingerprint density at radius 3 is 2.71 bits per heavy atom. The highest BCUT2D eigenvalue weighted by molar-refractivity contribution is 5.98. The van der Waals surface area contributed by atoms with E-state index < -0.39 is 5.91 Å². The van der Waals surface area contributed by atoms with Gasteiger partial charge < -0.3 is 15.6 Å². The number of H-pyrrole nitrogens is 1. The summed E-state index contributed by atoms with van der Waals surface area (Å²) in [7, 11) is 0. The SMILES string of the molecule is O=C(CNC(=O)c1c[nH]c2ccccc2c1=O)NCc1ccc2c(c1)CCC2. The third kappa shape index (κ3) is 3.67. The van der Waals surface area contributed by atoms with E-state index in [-0.39, 0.29) is 23.4 Å². The van der Waals surface area contributed by atoms with Gasteiger partial charge in [0.2, 0.25) is 11.3 Å². The van der Waals surface area contributed by atoms with Crippen LogP contribution in [0.1, 0.15) is 33.5 Å². The van der Waals surface area contributed by atoms with E-state index in [4.69, 9.17) is 0 Å². The van der Waals surface area contributed by atoms with Crippen molar-refractivity contribution in [3.8, 4) is 0 Å². The molecule has 142 valence electrons. The van der Waals surface area contributed by atoms with Crippen LogP contribution in [0.4, 0.5) is 0 Å². The Kier molecular flexibility index (Phi) is 4.93. The summed E-state index contributed by atoms with van der Waals surface area (Å²) in [4.78, 5) is 39.7. The highest BCUT2D eigenvalue weighted by Gasteiger charge is 2.14. The molecule has 6 nitrogen and oxygen atoms in total. The van der Waals surface area contributed by atoms with Crippen LogP contribution in [0, 0.1) is 0 Å². The fourth-order valence-corrected chi connectivity index (χ4v) is 3.59. The van der Waals surface area contributed by atoms with Crippen molar-refractivity contribution in [2.24, 2.45) is 0 Å². The molecule has 0 spiro atoms. The van der Waals surface area contributed by atoms with Crippen LogP contribution in [0.25, 0.3) is 10.9 Å². The van der Waals surface area contributed by atoms with Crippen molar-refractivity contribution >= 4 is 22.7 Å². The first-order valence-electron chi connectivity index (χ1n) is 9.38. The number of aromatic nitrogens is 1. The molecule has 0 saturated heterocycles. The van der Waals surface area contributed by atoms with Gasteiger partial charge in [0.25, 0.3) is 5.91 Å². The second-order valence-electron chi connectivity index (χ2n) is 6.99. The summed E-state index contributed by atoms with van der Waals surface area (Å²) in [5.41, 5.74) is 4.09. The largest absolute Gasteiger partial charge is 0.360 e. The standard InChI is InChI=1S/C22H21N3O3/c26-20(24-11-14-8-9-15-4-3-5-16(15)10-14)13-25-22(28)18-12-23-19-7-2-1-6-17(19)21(18)27/h1-2,6-10,12H,3-5,11,13H2,(H,23,27)(H,24,26)(H,25,28). The molecule has 1 aliphatic rings. The van der Waals surface area contributed by atoms with E-state index in [1.807, 2.05) is 12.1 Å². The van der Waals surface area contributed by atoms with Crippen molar-refractivity contribution in [2.75, 3.05) is 6.54 Å². The van der Waals surface area contributed by atoms with Gasteiger partial charge in [-0.05, 0) is 48.1 Å². The summed E-state index contributed by atoms with van der Waals surface area (Å²) in [6, 6.07) is 13.3. The van der Waals surface area contributed by atoms with Crippen LogP contribution in [0.15, 0.2) is 53.5 Å². The highest BCUT2D eigenvalue weighted by atomic mass is 16.2. The lowest BCUT2D eigenvalue weighted by Gasteiger charge is -2.09. The van der Waals surface area contributed by atoms with Gasteiger partial charge in [-0.2, -0.15) is 0 Å². The van der Waals surface area contributed by atoms with Crippen LogP contribution < -0.4 is 16.1 Å². The molecule has 0 radical (unpaired) electrons. The van der Waals surface area contributed by atoms with Crippen molar-refractivity contribution < 1.29 is 9.59 Å². The van der Waals surface area contributed by atoms with E-state index in [1.165, 1.54) is 23.7 Å². The topological polar surface area (TPSA) is 91.1 Å². The molecular weight excluding hydrogens is 354 g/mol. The number of benzene rings is 2. The molecule has 0 saturated carbocycles. The van der Waals surface area contributed by atoms with Crippen molar-refractivity contribution in [3.05, 3.63) is 81.1 Å². The van der Waals surface area contributed by atoms with Gasteiger partial charge in [-0.1, -0.05) is 30.3 Å². The van der Waals surface area contributed by atoms with Crippen LogP contribution >= 0.6 is 0 Å². The lowest BCUT2D eigenvalue weighted by Crippen LogP contribution is -2.38. The minimum atomic E-state index is -0.570. The second kappa shape index (κ2) is 7.68. The lowest BCUT2D eigenvalue weighted by molar-refractivity contribution is -0.120. The highest BCUT2D eigenvalue weighted by Crippen LogP contribution is 2.22. The fraction of sp³-hybridized carbons (Fsp3) is 0.227. The number of amides is 2. The maximum absolute atomic E-state index is 12.4. The van der Waals surface area contributed by atoms with Gasteiger partial charge in [-0.3, -0.25) is 14.4 Å².